The van der Waals surface area contributed by atoms with Crippen molar-refractivity contribution in [2.75, 3.05) is 71.9 Å². The number of amides is 3. The lowest BCUT2D eigenvalue weighted by atomic mass is 10.1. The van der Waals surface area contributed by atoms with Crippen molar-refractivity contribution >= 4 is 58.0 Å². The average Bonchev–Trinajstić information content (AvgIpc) is 3.23. The van der Waals surface area contributed by atoms with Crippen molar-refractivity contribution < 1.29 is 51.4 Å². The molecule has 2 aromatic carbocycles. The van der Waals surface area contributed by atoms with Gasteiger partial charge in [-0.1, -0.05) is 0 Å². The number of quaternary nitrogens is 1. The minimum atomic E-state index is -5.31. The highest BCUT2D eigenvalue weighted by Crippen LogP contribution is 2.26. The van der Waals surface area contributed by atoms with Gasteiger partial charge in [-0.25, -0.2) is 14.8 Å². The fourth-order valence-corrected chi connectivity index (χ4v) is 5.88. The molecule has 5 N–H and O–H groups in total. The number of ketones is 1. The van der Waals surface area contributed by atoms with Gasteiger partial charge in [0.1, 0.15) is 29.1 Å². The predicted octanol–water partition coefficient (Wildman–Crippen LogP) is 2.32. The lowest BCUT2D eigenvalue weighted by Crippen LogP contribution is -2.42. The van der Waals surface area contributed by atoms with Crippen molar-refractivity contribution in [3.05, 3.63) is 81.4 Å². The van der Waals surface area contributed by atoms with Gasteiger partial charge in [0.15, 0.2) is 11.2 Å². The Bertz CT molecular complexity index is 2360. The molecule has 0 spiro atoms. The second-order valence-electron chi connectivity index (χ2n) is 14.5. The number of esters is 1. The molecule has 1 atom stereocenters. The number of nitriles is 1. The number of alkyl halides is 3. The maximum absolute atomic E-state index is 13.6. The van der Waals surface area contributed by atoms with Gasteiger partial charge in [0.2, 0.25) is 5.95 Å². The normalized spacial score (nSPS) is 12.0. The number of nitrogens with two attached hydrogens (primary N) is 1. The van der Waals surface area contributed by atoms with Gasteiger partial charge < -0.3 is 30.6 Å². The fourth-order valence-electron chi connectivity index (χ4n) is 5.88. The largest absolute Gasteiger partial charge is 0.471 e. The van der Waals surface area contributed by atoms with E-state index in [2.05, 4.69) is 36.6 Å². The van der Waals surface area contributed by atoms with Gasteiger partial charge in [-0.2, -0.15) is 23.4 Å². The first kappa shape index (κ1) is 47.8. The number of carbonyl (C=O) groups is 5. The number of benzene rings is 2. The monoisotopic (exact) mass is 867 g/mol. The van der Waals surface area contributed by atoms with Crippen LogP contribution < -0.4 is 31.3 Å². The van der Waals surface area contributed by atoms with Gasteiger partial charge in [0.05, 0.1) is 66.5 Å². The van der Waals surface area contributed by atoms with Crippen LogP contribution in [0.1, 0.15) is 57.7 Å². The van der Waals surface area contributed by atoms with E-state index in [-0.39, 0.29) is 98.0 Å². The number of rotatable bonds is 21. The number of nitrogens with one attached hydrogen (secondary N) is 3. The molecular weight excluding hydrogens is 821 g/mol. The summed E-state index contributed by atoms with van der Waals surface area (Å²) in [5, 5.41) is 14.7. The molecule has 330 valence electrons. The van der Waals surface area contributed by atoms with Crippen LogP contribution in [-0.2, 0) is 35.1 Å². The number of H-pyrrole nitrogens is 1. The Balaban J connectivity index is 1.19. The van der Waals surface area contributed by atoms with E-state index in [0.717, 1.165) is 43.3 Å². The molecule has 22 heteroatoms. The van der Waals surface area contributed by atoms with Crippen LogP contribution in [0.2, 0.25) is 0 Å². The van der Waals surface area contributed by atoms with Crippen LogP contribution in [0.4, 0.5) is 30.5 Å². The third-order valence-corrected chi connectivity index (χ3v) is 8.99. The third-order valence-electron chi connectivity index (χ3n) is 8.99. The van der Waals surface area contributed by atoms with Crippen LogP contribution in [-0.4, -0.2) is 123 Å². The van der Waals surface area contributed by atoms with Crippen molar-refractivity contribution in [1.29, 1.82) is 5.26 Å². The second kappa shape index (κ2) is 21.6. The molecule has 0 aliphatic heterocycles. The number of Topliss-reactive ketones (excluding diaryl/α,β-unsaturated/α-hetero) is 1. The number of hydrogen-bond acceptors (Lipinski definition) is 14. The van der Waals surface area contributed by atoms with E-state index < -0.39 is 42.1 Å². The molecule has 0 radical (unpaired) electrons. The summed E-state index contributed by atoms with van der Waals surface area (Å²) in [5.74, 6) is -4.69. The highest BCUT2D eigenvalue weighted by Gasteiger charge is 2.43. The second-order valence-corrected chi connectivity index (χ2v) is 14.5. The first-order valence-electron chi connectivity index (χ1n) is 19.0. The molecule has 0 aliphatic rings. The Morgan fingerprint density at radius 2 is 1.63 bits per heavy atom. The molecule has 62 heavy (non-hydrogen) atoms. The van der Waals surface area contributed by atoms with Crippen molar-refractivity contribution in [3.8, 4) is 6.07 Å². The van der Waals surface area contributed by atoms with Crippen LogP contribution in [0, 0.1) is 11.3 Å². The van der Waals surface area contributed by atoms with Crippen LogP contribution >= 0.6 is 0 Å². The SMILES string of the molecule is COC(=O)[C@H](CCC(=O)CCCOCCOCCNC(=O)c1ccc([N+](C)(C)C)c(C#N)c1)NC(=O)c1ccc(N(Cc2cnc3nc(N)[nH]c(=O)c3n2)C(=O)C(F)(F)F)cc1. The third kappa shape index (κ3) is 13.6. The number of halogens is 3. The summed E-state index contributed by atoms with van der Waals surface area (Å²) in [5.41, 5.74) is 5.24. The lowest BCUT2D eigenvalue weighted by Gasteiger charge is -2.24. The van der Waals surface area contributed by atoms with E-state index in [9.17, 15) is 47.2 Å². The first-order valence-corrected chi connectivity index (χ1v) is 19.0. The zero-order valence-electron chi connectivity index (χ0n) is 34.3. The number of carbonyl (C=O) groups excluding carboxylic acids is 5. The van der Waals surface area contributed by atoms with Crippen molar-refractivity contribution in [2.24, 2.45) is 0 Å². The molecule has 3 amide bonds. The number of aromatic amines is 1. The molecule has 4 aromatic rings. The Kier molecular flexibility index (Phi) is 16.7. The number of nitrogen functional groups attached to an aromatic ring is 1. The standard InChI is InChI=1S/C40H45F3N10O9/c1-53(2,3)31-14-9-25(20-26(31)21-44)34(55)46-15-17-62-19-18-61-16-5-6-29(54)12-13-30(37(58)60-4)49-35(56)24-7-10-28(11-8-24)52(38(59)40(41,42)43)23-27-22-47-33-32(48-27)36(57)51-39(45)50-33/h7-11,14,20,22,30H,5-6,12-13,15-19,23H2,1-4H3,(H4-,45,46,47,49,50,51,55,56,57)/p+1/t30-/m0/s1. The van der Waals surface area contributed by atoms with Crippen LogP contribution in [0.5, 0.6) is 0 Å². The first-order chi connectivity index (χ1) is 29.3. The van der Waals surface area contributed by atoms with E-state index in [1.165, 1.54) is 0 Å². The number of ether oxygens (including phenoxy) is 3. The Morgan fingerprint density at radius 1 is 0.952 bits per heavy atom. The number of fused-ring (bicyclic) bond motifs is 1. The van der Waals surface area contributed by atoms with Crippen LogP contribution in [0.3, 0.4) is 0 Å². The summed E-state index contributed by atoms with van der Waals surface area (Å²) in [4.78, 5) is 89.6. The van der Waals surface area contributed by atoms with Gasteiger partial charge in [-0.05, 0) is 49.2 Å². The van der Waals surface area contributed by atoms with Gasteiger partial charge in [-0.3, -0.25) is 38.3 Å². The van der Waals surface area contributed by atoms with Crippen LogP contribution in [0.25, 0.3) is 11.2 Å². The summed E-state index contributed by atoms with van der Waals surface area (Å²) in [6.07, 6.45) is -3.97. The fraction of sp³-hybridized carbons (Fsp3) is 0.400. The molecule has 0 unspecified atom stereocenters. The van der Waals surface area contributed by atoms with Gasteiger partial charge in [-0.15, -0.1) is 0 Å². The Labute approximate surface area is 353 Å². The van der Waals surface area contributed by atoms with E-state index in [1.54, 1.807) is 18.2 Å². The summed E-state index contributed by atoms with van der Waals surface area (Å²) in [6, 6.07) is 10.3. The van der Waals surface area contributed by atoms with Gasteiger partial charge >= 0.3 is 18.1 Å². The number of methoxy groups -OCH3 is 1. The highest BCUT2D eigenvalue weighted by molar-refractivity contribution is 6.00. The molecule has 0 bridgehead atoms. The molecular formula is C40H46F3N10O9+. The average molecular weight is 868 g/mol. The summed E-state index contributed by atoms with van der Waals surface area (Å²) in [7, 11) is 6.88. The van der Waals surface area contributed by atoms with E-state index in [0.29, 0.717) is 26.9 Å². The Morgan fingerprint density at radius 3 is 2.27 bits per heavy atom. The molecule has 4 rings (SSSR count). The molecule has 0 aliphatic carbocycles. The minimum Gasteiger partial charge on any atom is -0.467 e. The summed E-state index contributed by atoms with van der Waals surface area (Å²) < 4.78 is 57.1. The maximum Gasteiger partial charge on any atom is 0.471 e. The summed E-state index contributed by atoms with van der Waals surface area (Å²) in [6.45, 7) is 0.431. The maximum atomic E-state index is 13.6. The predicted molar refractivity (Wildman–Crippen MR) is 217 cm³/mol. The smallest absolute Gasteiger partial charge is 0.467 e. The molecule has 0 saturated heterocycles. The number of hydrogen-bond donors (Lipinski definition) is 4. The zero-order chi connectivity index (χ0) is 45.6. The van der Waals surface area contributed by atoms with E-state index in [4.69, 9.17) is 19.9 Å². The highest BCUT2D eigenvalue weighted by atomic mass is 19.4. The van der Waals surface area contributed by atoms with Crippen molar-refractivity contribution in [3.63, 3.8) is 0 Å². The number of aromatic nitrogens is 4. The Hall–Kier alpha value is -6.83. The molecule has 19 nitrogen and oxygen atoms in total. The molecule has 0 fully saturated rings. The van der Waals surface area contributed by atoms with E-state index >= 15 is 0 Å². The lowest BCUT2D eigenvalue weighted by molar-refractivity contribution is -0.170. The van der Waals surface area contributed by atoms with E-state index in [1.807, 2.05) is 21.1 Å². The zero-order valence-corrected chi connectivity index (χ0v) is 34.3. The summed E-state index contributed by atoms with van der Waals surface area (Å²) >= 11 is 0. The van der Waals surface area contributed by atoms with Crippen molar-refractivity contribution in [1.82, 2.24) is 35.1 Å². The quantitative estimate of drug-likeness (QED) is 0.0533. The topological polar surface area (TPSA) is 262 Å². The molecule has 2 heterocycles. The van der Waals surface area contributed by atoms with Gasteiger partial charge in [0.25, 0.3) is 17.4 Å². The number of anilines is 2. The number of nitrogens with zero attached hydrogens (tertiary/aromatic N) is 6. The van der Waals surface area contributed by atoms with Gasteiger partial charge in [0, 0.05) is 48.9 Å². The van der Waals surface area contributed by atoms with Crippen LogP contribution in [0.15, 0.2) is 53.5 Å². The minimum absolute atomic E-state index is 0.0866. The van der Waals surface area contributed by atoms with Crippen molar-refractivity contribution in [2.45, 2.75) is 44.4 Å². The molecule has 2 aromatic heterocycles. The molecule has 0 saturated carbocycles.